The molecule has 0 bridgehead atoms. The lowest BCUT2D eigenvalue weighted by Crippen LogP contribution is -2.14. The van der Waals surface area contributed by atoms with Crippen molar-refractivity contribution in [2.75, 3.05) is 0 Å². The summed E-state index contributed by atoms with van der Waals surface area (Å²) in [6, 6.07) is 77.5. The number of aromatic nitrogens is 1. The van der Waals surface area contributed by atoms with Gasteiger partial charge < -0.3 is 0 Å². The second kappa shape index (κ2) is 14.2. The number of nitrogens with zero attached hydrogens (tertiary/aromatic N) is 1. The number of rotatable bonds is 4. The molecule has 1 heterocycles. The number of para-hydroxylation sites is 1. The number of hydrogen-bond acceptors (Lipinski definition) is 1. The van der Waals surface area contributed by atoms with E-state index in [9.17, 15) is 0 Å². The Morgan fingerprint density at radius 2 is 0.676 bits per heavy atom. The molecule has 0 fully saturated rings. The Hall–Kier alpha value is -8.13. The second-order valence-corrected chi connectivity index (χ2v) is 20.3. The summed E-state index contributed by atoms with van der Waals surface area (Å²) in [4.78, 5) is 5.12. The van der Waals surface area contributed by atoms with E-state index in [1.807, 2.05) is 0 Å². The molecule has 0 atom stereocenters. The highest BCUT2D eigenvalue weighted by Crippen LogP contribution is 2.52. The lowest BCUT2D eigenvalue weighted by molar-refractivity contribution is 0.660. The van der Waals surface area contributed by atoms with Crippen LogP contribution in [0, 0.1) is 0 Å². The van der Waals surface area contributed by atoms with E-state index in [1.165, 1.54) is 127 Å². The summed E-state index contributed by atoms with van der Waals surface area (Å²) in [6.07, 6.45) is 2.12. The molecule has 1 heteroatoms. The molecule has 0 aliphatic heterocycles. The van der Waals surface area contributed by atoms with Crippen LogP contribution in [-0.2, 0) is 10.8 Å². The van der Waals surface area contributed by atoms with Gasteiger partial charge in [-0.15, -0.1) is 0 Å². The first kappa shape index (κ1) is 39.1. The van der Waals surface area contributed by atoms with Crippen molar-refractivity contribution in [2.45, 2.75) is 38.5 Å². The minimum absolute atomic E-state index is 0.0387. The van der Waals surface area contributed by atoms with E-state index >= 15 is 0 Å². The van der Waals surface area contributed by atoms with Crippen LogP contribution in [0.4, 0.5) is 0 Å². The van der Waals surface area contributed by atoms with E-state index in [-0.39, 0.29) is 10.8 Å². The van der Waals surface area contributed by atoms with Crippen molar-refractivity contribution in [3.8, 4) is 66.8 Å². The van der Waals surface area contributed by atoms with Crippen LogP contribution in [0.25, 0.3) is 121 Å². The van der Waals surface area contributed by atoms with E-state index in [4.69, 9.17) is 4.98 Å². The Bertz CT molecular complexity index is 4150. The molecule has 14 rings (SSSR count). The smallest absolute Gasteiger partial charge is 0.0708 e. The molecule has 0 N–H and O–H groups in total. The van der Waals surface area contributed by atoms with Crippen LogP contribution < -0.4 is 0 Å². The third-order valence-corrected chi connectivity index (χ3v) is 15.9. The maximum absolute atomic E-state index is 5.12. The van der Waals surface area contributed by atoms with Gasteiger partial charge in [-0.3, -0.25) is 4.98 Å². The highest BCUT2D eigenvalue weighted by atomic mass is 14.7. The van der Waals surface area contributed by atoms with Crippen molar-refractivity contribution in [3.63, 3.8) is 0 Å². The third-order valence-electron chi connectivity index (χ3n) is 15.9. The average molecular weight is 866 g/mol. The quantitative estimate of drug-likeness (QED) is 0.127. The molecular weight excluding hydrogens is 819 g/mol. The summed E-state index contributed by atoms with van der Waals surface area (Å²) < 4.78 is 0. The van der Waals surface area contributed by atoms with Crippen LogP contribution in [-0.4, -0.2) is 4.98 Å². The Kier molecular flexibility index (Phi) is 8.15. The largest absolute Gasteiger partial charge is 0.256 e. The second-order valence-electron chi connectivity index (χ2n) is 20.3. The van der Waals surface area contributed by atoms with Crippen molar-refractivity contribution in [1.82, 2.24) is 4.98 Å². The fourth-order valence-corrected chi connectivity index (χ4v) is 12.3. The van der Waals surface area contributed by atoms with Gasteiger partial charge in [0.2, 0.25) is 0 Å². The molecule has 0 amide bonds. The van der Waals surface area contributed by atoms with Crippen LogP contribution in [0.15, 0.2) is 212 Å². The van der Waals surface area contributed by atoms with Crippen molar-refractivity contribution < 1.29 is 0 Å². The van der Waals surface area contributed by atoms with Crippen molar-refractivity contribution in [3.05, 3.63) is 235 Å². The SMILES string of the molecule is CC1(C)c2ccccc2-c2ccc(-c3ccc4cc(-c5c6ccccc6c(-c6ccc7cc(-c8ccc9c(c8)C(C)(C)c8ccccc8-9)ccc7c6)c6c5cnc5ccccc56)ccc4c3)cc21. The zero-order valence-electron chi connectivity index (χ0n) is 38.7. The number of benzene rings is 11. The summed E-state index contributed by atoms with van der Waals surface area (Å²) >= 11 is 0. The van der Waals surface area contributed by atoms with Gasteiger partial charge in [-0.1, -0.05) is 191 Å². The molecule has 0 unspecified atom stereocenters. The van der Waals surface area contributed by atoms with Crippen molar-refractivity contribution in [1.29, 1.82) is 0 Å². The standard InChI is InChI=1S/C67H47N/c1-66(2)58-18-10-7-13-50(58)52-31-29-46(37-60(52)66)42-21-23-44-35-48(27-25-40(44)33-42)63-54-15-5-6-16-55(54)64(65-56-17-9-12-20-62(56)68-39-57(63)65)49-28-26-41-34-43(22-24-45(41)36-49)47-30-32-53-51-14-8-11-19-59(51)67(3,4)61(53)38-47/h5-39H,1-4H3. The highest BCUT2D eigenvalue weighted by Gasteiger charge is 2.36. The molecule has 0 saturated heterocycles. The molecule has 2 aliphatic rings. The number of pyridine rings is 1. The van der Waals surface area contributed by atoms with Crippen molar-refractivity contribution >= 4 is 54.0 Å². The minimum atomic E-state index is -0.0392. The number of fused-ring (bicyclic) bond motifs is 12. The molecule has 2 aliphatic carbocycles. The predicted octanol–water partition coefficient (Wildman–Crippen LogP) is 18.1. The van der Waals surface area contributed by atoms with Gasteiger partial charge in [-0.05, 0) is 164 Å². The fourth-order valence-electron chi connectivity index (χ4n) is 12.3. The molecule has 1 aromatic heterocycles. The summed E-state index contributed by atoms with van der Waals surface area (Å²) in [5, 5.41) is 10.9. The van der Waals surface area contributed by atoms with Gasteiger partial charge >= 0.3 is 0 Å². The molecule has 0 saturated carbocycles. The zero-order chi connectivity index (χ0) is 45.5. The molecule has 320 valence electrons. The van der Waals surface area contributed by atoms with E-state index in [0.717, 1.165) is 16.3 Å². The van der Waals surface area contributed by atoms with Gasteiger partial charge in [0.25, 0.3) is 0 Å². The minimum Gasteiger partial charge on any atom is -0.256 e. The van der Waals surface area contributed by atoms with Gasteiger partial charge in [0.05, 0.1) is 5.52 Å². The summed E-state index contributed by atoms with van der Waals surface area (Å²) in [5.74, 6) is 0. The molecule has 0 radical (unpaired) electrons. The first-order chi connectivity index (χ1) is 33.2. The number of hydrogen-bond donors (Lipinski definition) is 0. The summed E-state index contributed by atoms with van der Waals surface area (Å²) in [5.41, 5.74) is 21.8. The van der Waals surface area contributed by atoms with Crippen LogP contribution in [0.1, 0.15) is 49.9 Å². The Morgan fingerprint density at radius 1 is 0.294 bits per heavy atom. The average Bonchev–Trinajstić information content (AvgIpc) is 3.76. The topological polar surface area (TPSA) is 12.9 Å². The van der Waals surface area contributed by atoms with E-state index in [0.29, 0.717) is 0 Å². The Balaban J connectivity index is 0.884. The van der Waals surface area contributed by atoms with E-state index in [1.54, 1.807) is 0 Å². The fraction of sp³-hybridized carbons (Fsp3) is 0.0896. The van der Waals surface area contributed by atoms with Gasteiger partial charge in [0.1, 0.15) is 0 Å². The predicted molar refractivity (Wildman–Crippen MR) is 289 cm³/mol. The summed E-state index contributed by atoms with van der Waals surface area (Å²) in [6.45, 7) is 9.42. The molecule has 11 aromatic carbocycles. The maximum atomic E-state index is 5.12. The van der Waals surface area contributed by atoms with Gasteiger partial charge in [-0.25, -0.2) is 0 Å². The molecule has 12 aromatic rings. The van der Waals surface area contributed by atoms with Crippen LogP contribution in [0.2, 0.25) is 0 Å². The lowest BCUT2D eigenvalue weighted by atomic mass is 9.81. The lowest BCUT2D eigenvalue weighted by Gasteiger charge is -2.22. The van der Waals surface area contributed by atoms with Gasteiger partial charge in [0.15, 0.2) is 0 Å². The molecule has 68 heavy (non-hydrogen) atoms. The highest BCUT2D eigenvalue weighted by molar-refractivity contribution is 6.27. The normalized spacial score (nSPS) is 14.1. The monoisotopic (exact) mass is 865 g/mol. The van der Waals surface area contributed by atoms with E-state index in [2.05, 4.69) is 240 Å². The zero-order valence-corrected chi connectivity index (χ0v) is 38.7. The third kappa shape index (κ3) is 5.60. The Morgan fingerprint density at radius 3 is 1.22 bits per heavy atom. The van der Waals surface area contributed by atoms with Crippen LogP contribution >= 0.6 is 0 Å². The molecule has 0 spiro atoms. The van der Waals surface area contributed by atoms with Crippen molar-refractivity contribution in [2.24, 2.45) is 0 Å². The first-order valence-electron chi connectivity index (χ1n) is 24.0. The first-order valence-corrected chi connectivity index (χ1v) is 24.0. The van der Waals surface area contributed by atoms with Gasteiger partial charge in [-0.2, -0.15) is 0 Å². The molecular formula is C67H47N. The van der Waals surface area contributed by atoms with Crippen LogP contribution in [0.5, 0.6) is 0 Å². The van der Waals surface area contributed by atoms with E-state index < -0.39 is 0 Å². The summed E-state index contributed by atoms with van der Waals surface area (Å²) in [7, 11) is 0. The maximum Gasteiger partial charge on any atom is 0.0708 e. The molecule has 1 nitrogen and oxygen atoms in total. The Labute approximate surface area is 397 Å². The van der Waals surface area contributed by atoms with Crippen LogP contribution in [0.3, 0.4) is 0 Å². The van der Waals surface area contributed by atoms with Gasteiger partial charge in [0, 0.05) is 33.2 Å².